The van der Waals surface area contributed by atoms with E-state index in [1.54, 1.807) is 6.92 Å². The van der Waals surface area contributed by atoms with Crippen molar-refractivity contribution in [3.05, 3.63) is 12.2 Å². The maximum Gasteiger partial charge on any atom is 0.333 e. The molecule has 1 unspecified atom stereocenters. The van der Waals surface area contributed by atoms with Crippen LogP contribution >= 0.6 is 0 Å². The van der Waals surface area contributed by atoms with Gasteiger partial charge in [0.1, 0.15) is 0 Å². The lowest BCUT2D eigenvalue weighted by Crippen LogP contribution is -2.10. The first-order valence-corrected chi connectivity index (χ1v) is 4.60. The van der Waals surface area contributed by atoms with Crippen LogP contribution in [0.2, 0.25) is 0 Å². The average molecular weight is 184 g/mol. The van der Waals surface area contributed by atoms with Crippen molar-refractivity contribution >= 4 is 5.97 Å². The van der Waals surface area contributed by atoms with Crippen LogP contribution in [0.25, 0.3) is 0 Å². The van der Waals surface area contributed by atoms with Crippen LogP contribution in [0.1, 0.15) is 19.8 Å². The Morgan fingerprint density at radius 2 is 2.46 bits per heavy atom. The van der Waals surface area contributed by atoms with Crippen molar-refractivity contribution in [1.29, 1.82) is 0 Å². The van der Waals surface area contributed by atoms with Gasteiger partial charge >= 0.3 is 5.97 Å². The smallest absolute Gasteiger partial charge is 0.333 e. The molecular formula is C10H16O3. The van der Waals surface area contributed by atoms with Gasteiger partial charge < -0.3 is 9.47 Å². The van der Waals surface area contributed by atoms with Crippen LogP contribution in [0.3, 0.4) is 0 Å². The van der Waals surface area contributed by atoms with Crippen molar-refractivity contribution in [2.24, 2.45) is 5.92 Å². The van der Waals surface area contributed by atoms with Crippen molar-refractivity contribution in [2.45, 2.75) is 19.8 Å². The Bertz CT molecular complexity index is 192. The zero-order chi connectivity index (χ0) is 9.68. The van der Waals surface area contributed by atoms with Gasteiger partial charge in [-0.25, -0.2) is 4.79 Å². The molecule has 13 heavy (non-hydrogen) atoms. The summed E-state index contributed by atoms with van der Waals surface area (Å²) < 4.78 is 10.2. The first-order chi connectivity index (χ1) is 6.20. The van der Waals surface area contributed by atoms with E-state index in [1.165, 1.54) is 0 Å². The second-order valence-electron chi connectivity index (χ2n) is 3.43. The fourth-order valence-corrected chi connectivity index (χ4v) is 1.25. The first kappa shape index (κ1) is 10.3. The molecule has 3 heteroatoms. The Morgan fingerprint density at radius 3 is 3.00 bits per heavy atom. The van der Waals surface area contributed by atoms with E-state index < -0.39 is 0 Å². The molecule has 74 valence electrons. The number of carbonyl (C=O) groups is 1. The van der Waals surface area contributed by atoms with E-state index in [0.29, 0.717) is 18.1 Å². The minimum Gasteiger partial charge on any atom is -0.462 e. The maximum absolute atomic E-state index is 11.0. The van der Waals surface area contributed by atoms with Gasteiger partial charge in [-0.2, -0.15) is 0 Å². The number of hydrogen-bond acceptors (Lipinski definition) is 3. The van der Waals surface area contributed by atoms with Gasteiger partial charge in [0.05, 0.1) is 6.61 Å². The summed E-state index contributed by atoms with van der Waals surface area (Å²) >= 11 is 0. The lowest BCUT2D eigenvalue weighted by atomic mass is 10.1. The van der Waals surface area contributed by atoms with E-state index in [0.717, 1.165) is 26.1 Å². The molecule has 1 aliphatic rings. The van der Waals surface area contributed by atoms with Gasteiger partial charge in [0.2, 0.25) is 0 Å². The highest BCUT2D eigenvalue weighted by Crippen LogP contribution is 2.16. The second kappa shape index (κ2) is 5.02. The molecule has 0 bridgehead atoms. The number of esters is 1. The van der Waals surface area contributed by atoms with Crippen LogP contribution in [-0.2, 0) is 14.3 Å². The quantitative estimate of drug-likeness (QED) is 0.491. The summed E-state index contributed by atoms with van der Waals surface area (Å²) in [6.45, 7) is 7.30. The van der Waals surface area contributed by atoms with E-state index in [-0.39, 0.29) is 5.97 Å². The summed E-state index contributed by atoms with van der Waals surface area (Å²) in [5, 5.41) is 0. The summed E-state index contributed by atoms with van der Waals surface area (Å²) in [5.41, 5.74) is 0.461. The Kier molecular flexibility index (Phi) is 3.96. The molecule has 0 spiro atoms. The molecule has 1 aliphatic heterocycles. The van der Waals surface area contributed by atoms with Gasteiger partial charge in [0, 0.05) is 18.8 Å². The molecule has 1 heterocycles. The normalized spacial score (nSPS) is 21.5. The number of hydrogen-bond donors (Lipinski definition) is 0. The molecule has 1 rings (SSSR count). The van der Waals surface area contributed by atoms with Crippen molar-refractivity contribution in [1.82, 2.24) is 0 Å². The van der Waals surface area contributed by atoms with Crippen molar-refractivity contribution in [3.63, 3.8) is 0 Å². The first-order valence-electron chi connectivity index (χ1n) is 4.60. The van der Waals surface area contributed by atoms with Gasteiger partial charge in [0.15, 0.2) is 0 Å². The molecule has 0 aromatic rings. The third-order valence-electron chi connectivity index (χ3n) is 2.13. The van der Waals surface area contributed by atoms with Crippen molar-refractivity contribution in [2.75, 3.05) is 19.8 Å². The highest BCUT2D eigenvalue weighted by molar-refractivity contribution is 5.86. The molecule has 0 aliphatic carbocycles. The summed E-state index contributed by atoms with van der Waals surface area (Å²) in [4.78, 5) is 11.0. The monoisotopic (exact) mass is 184 g/mol. The third-order valence-corrected chi connectivity index (χ3v) is 2.13. The summed E-state index contributed by atoms with van der Waals surface area (Å²) in [6.07, 6.45) is 1.99. The van der Waals surface area contributed by atoms with E-state index >= 15 is 0 Å². The second-order valence-corrected chi connectivity index (χ2v) is 3.43. The SMILES string of the molecule is C=C(C)C(=O)OCCC1CCOC1. The lowest BCUT2D eigenvalue weighted by molar-refractivity contribution is -0.139. The molecule has 1 atom stereocenters. The standard InChI is InChI=1S/C10H16O3/c1-8(2)10(11)13-6-4-9-3-5-12-7-9/h9H,1,3-7H2,2H3. The molecule has 0 aromatic heterocycles. The van der Waals surface area contributed by atoms with Crippen LogP contribution < -0.4 is 0 Å². The van der Waals surface area contributed by atoms with Crippen LogP contribution in [0.5, 0.6) is 0 Å². The Labute approximate surface area is 78.7 Å². The van der Waals surface area contributed by atoms with Crippen molar-refractivity contribution < 1.29 is 14.3 Å². The molecule has 0 N–H and O–H groups in total. The van der Waals surface area contributed by atoms with Gasteiger partial charge in [0.25, 0.3) is 0 Å². The Balaban J connectivity index is 2.06. The maximum atomic E-state index is 11.0. The van der Waals surface area contributed by atoms with Crippen LogP contribution in [0, 0.1) is 5.92 Å². The summed E-state index contributed by atoms with van der Waals surface area (Å²) in [5.74, 6) is 0.275. The zero-order valence-electron chi connectivity index (χ0n) is 8.04. The molecule has 0 saturated carbocycles. The average Bonchev–Trinajstić information content (AvgIpc) is 2.56. The fourth-order valence-electron chi connectivity index (χ4n) is 1.25. The van der Waals surface area contributed by atoms with Crippen molar-refractivity contribution in [3.8, 4) is 0 Å². The number of ether oxygens (including phenoxy) is 2. The highest BCUT2D eigenvalue weighted by Gasteiger charge is 2.15. The largest absolute Gasteiger partial charge is 0.462 e. The molecule has 1 fully saturated rings. The molecule has 0 radical (unpaired) electrons. The number of rotatable bonds is 4. The highest BCUT2D eigenvalue weighted by atomic mass is 16.5. The van der Waals surface area contributed by atoms with Crippen LogP contribution in [-0.4, -0.2) is 25.8 Å². The minimum absolute atomic E-state index is 0.293. The van der Waals surface area contributed by atoms with E-state index in [1.807, 2.05) is 0 Å². The van der Waals surface area contributed by atoms with E-state index in [9.17, 15) is 4.79 Å². The Morgan fingerprint density at radius 1 is 1.69 bits per heavy atom. The lowest BCUT2D eigenvalue weighted by Gasteiger charge is -2.07. The fraction of sp³-hybridized carbons (Fsp3) is 0.700. The van der Waals surface area contributed by atoms with Crippen LogP contribution in [0.15, 0.2) is 12.2 Å². The van der Waals surface area contributed by atoms with E-state index in [2.05, 4.69) is 6.58 Å². The van der Waals surface area contributed by atoms with Gasteiger partial charge in [-0.3, -0.25) is 0 Å². The molecule has 3 nitrogen and oxygen atoms in total. The van der Waals surface area contributed by atoms with E-state index in [4.69, 9.17) is 9.47 Å². The summed E-state index contributed by atoms with van der Waals surface area (Å²) in [7, 11) is 0. The van der Waals surface area contributed by atoms with Gasteiger partial charge in [-0.15, -0.1) is 0 Å². The van der Waals surface area contributed by atoms with Gasteiger partial charge in [-0.05, 0) is 25.7 Å². The van der Waals surface area contributed by atoms with Gasteiger partial charge in [-0.1, -0.05) is 6.58 Å². The third kappa shape index (κ3) is 3.59. The summed E-state index contributed by atoms with van der Waals surface area (Å²) in [6, 6.07) is 0. The molecule has 1 saturated heterocycles. The number of carbonyl (C=O) groups excluding carboxylic acids is 1. The molecular weight excluding hydrogens is 168 g/mol. The Hall–Kier alpha value is -0.830. The zero-order valence-corrected chi connectivity index (χ0v) is 8.04. The topological polar surface area (TPSA) is 35.5 Å². The molecule has 0 aromatic carbocycles. The molecule has 0 amide bonds. The van der Waals surface area contributed by atoms with Crippen LogP contribution in [0.4, 0.5) is 0 Å². The predicted molar refractivity (Wildman–Crippen MR) is 49.3 cm³/mol. The minimum atomic E-state index is -0.293. The predicted octanol–water partition coefficient (Wildman–Crippen LogP) is 1.53.